The average Bonchev–Trinajstić information content (AvgIpc) is 3.30. The number of imidazole rings is 1. The van der Waals surface area contributed by atoms with Gasteiger partial charge < -0.3 is 42.6 Å². The molecule has 14 nitrogen and oxygen atoms in total. The Kier molecular flexibility index (Phi) is 11.7. The number of carboxylic acids is 1. The smallest absolute Gasteiger partial charge is 0.326 e. The molecule has 1 rings (SSSR count). The summed E-state index contributed by atoms with van der Waals surface area (Å²) in [6.07, 6.45) is 2.76. The van der Waals surface area contributed by atoms with Gasteiger partial charge in [-0.3, -0.25) is 19.2 Å². The molecule has 5 unspecified atom stereocenters. The zero-order chi connectivity index (χ0) is 25.8. The van der Waals surface area contributed by atoms with Gasteiger partial charge >= 0.3 is 5.97 Å². The van der Waals surface area contributed by atoms with Crippen molar-refractivity contribution in [2.45, 2.75) is 63.7 Å². The van der Waals surface area contributed by atoms with E-state index < -0.39 is 60.4 Å². The van der Waals surface area contributed by atoms with Crippen molar-refractivity contribution in [1.29, 1.82) is 0 Å². The van der Waals surface area contributed by atoms with E-state index in [1.165, 1.54) is 12.5 Å². The first-order valence-electron chi connectivity index (χ1n) is 10.8. The molecule has 0 saturated carbocycles. The number of aliphatic hydroxyl groups excluding tert-OH is 1. The molecular formula is C20H33N7O7. The fourth-order valence-corrected chi connectivity index (χ4v) is 2.89. The number of carbonyl (C=O) groups excluding carboxylic acids is 4. The SMILES string of the molecule is CCC(C)C(N)C(=O)NC(CO)C(=O)NC(Cc1cnc[nH]1)C(=O)NC(CCC(N)=O)C(=O)O. The largest absolute Gasteiger partial charge is 0.480 e. The predicted molar refractivity (Wildman–Crippen MR) is 119 cm³/mol. The molecule has 0 aliphatic heterocycles. The summed E-state index contributed by atoms with van der Waals surface area (Å²) in [5.74, 6) is -4.68. The van der Waals surface area contributed by atoms with Crippen LogP contribution >= 0.6 is 0 Å². The first kappa shape index (κ1) is 28.5. The highest BCUT2D eigenvalue weighted by atomic mass is 16.4. The molecule has 34 heavy (non-hydrogen) atoms. The number of aromatic nitrogens is 2. The van der Waals surface area contributed by atoms with Crippen LogP contribution in [-0.4, -0.2) is 80.6 Å². The minimum atomic E-state index is -1.43. The zero-order valence-corrected chi connectivity index (χ0v) is 19.1. The van der Waals surface area contributed by atoms with Gasteiger partial charge in [0.2, 0.25) is 23.6 Å². The molecular weight excluding hydrogens is 450 g/mol. The number of rotatable bonds is 15. The van der Waals surface area contributed by atoms with Crippen molar-refractivity contribution in [1.82, 2.24) is 25.9 Å². The number of aliphatic carboxylic acids is 1. The lowest BCUT2D eigenvalue weighted by Gasteiger charge is -2.25. The minimum absolute atomic E-state index is 0.0990. The lowest BCUT2D eigenvalue weighted by molar-refractivity contribution is -0.142. The fourth-order valence-electron chi connectivity index (χ4n) is 2.89. The van der Waals surface area contributed by atoms with Crippen LogP contribution < -0.4 is 27.4 Å². The molecule has 0 saturated heterocycles. The summed E-state index contributed by atoms with van der Waals surface area (Å²) in [5.41, 5.74) is 11.4. The van der Waals surface area contributed by atoms with Gasteiger partial charge in [0, 0.05) is 24.7 Å². The number of nitrogens with zero attached hydrogens (tertiary/aromatic N) is 1. The number of nitrogens with two attached hydrogens (primary N) is 2. The summed E-state index contributed by atoms with van der Waals surface area (Å²) in [6, 6.07) is -5.03. The summed E-state index contributed by atoms with van der Waals surface area (Å²) in [4.78, 5) is 66.9. The molecule has 190 valence electrons. The Morgan fingerprint density at radius 3 is 2.15 bits per heavy atom. The maximum Gasteiger partial charge on any atom is 0.326 e. The van der Waals surface area contributed by atoms with E-state index in [1.807, 2.05) is 6.92 Å². The van der Waals surface area contributed by atoms with E-state index in [0.29, 0.717) is 12.1 Å². The predicted octanol–water partition coefficient (Wildman–Crippen LogP) is -2.88. The molecule has 0 bridgehead atoms. The van der Waals surface area contributed by atoms with Gasteiger partial charge in [0.25, 0.3) is 0 Å². The Morgan fingerprint density at radius 2 is 1.65 bits per heavy atom. The van der Waals surface area contributed by atoms with Gasteiger partial charge in [0.1, 0.15) is 18.1 Å². The molecule has 0 radical (unpaired) electrons. The number of nitrogens with one attached hydrogen (secondary N) is 4. The van der Waals surface area contributed by atoms with Crippen molar-refractivity contribution in [3.05, 3.63) is 18.2 Å². The van der Waals surface area contributed by atoms with Gasteiger partial charge in [-0.15, -0.1) is 0 Å². The Hall–Kier alpha value is -3.52. The maximum atomic E-state index is 12.8. The number of primary amides is 1. The van der Waals surface area contributed by atoms with Crippen molar-refractivity contribution in [2.24, 2.45) is 17.4 Å². The van der Waals surface area contributed by atoms with E-state index in [4.69, 9.17) is 11.5 Å². The van der Waals surface area contributed by atoms with E-state index in [0.717, 1.165) is 0 Å². The Balaban J connectivity index is 2.97. The second kappa shape index (κ2) is 13.9. The monoisotopic (exact) mass is 483 g/mol. The van der Waals surface area contributed by atoms with E-state index >= 15 is 0 Å². The Morgan fingerprint density at radius 1 is 1.06 bits per heavy atom. The van der Waals surface area contributed by atoms with E-state index in [2.05, 4.69) is 25.9 Å². The van der Waals surface area contributed by atoms with Crippen LogP contribution in [0, 0.1) is 5.92 Å². The van der Waals surface area contributed by atoms with Gasteiger partial charge in [-0.1, -0.05) is 20.3 Å². The van der Waals surface area contributed by atoms with Gasteiger partial charge in [-0.2, -0.15) is 0 Å². The third-order valence-corrected chi connectivity index (χ3v) is 5.28. The van der Waals surface area contributed by atoms with Crippen molar-refractivity contribution >= 4 is 29.6 Å². The van der Waals surface area contributed by atoms with Crippen LogP contribution in [0.3, 0.4) is 0 Å². The Labute approximate surface area is 196 Å². The molecule has 10 N–H and O–H groups in total. The van der Waals surface area contributed by atoms with Crippen LogP contribution in [0.25, 0.3) is 0 Å². The van der Waals surface area contributed by atoms with Crippen LogP contribution in [0.2, 0.25) is 0 Å². The second-order valence-electron chi connectivity index (χ2n) is 7.90. The summed E-state index contributed by atoms with van der Waals surface area (Å²) < 4.78 is 0. The number of aliphatic hydroxyl groups is 1. The third-order valence-electron chi connectivity index (χ3n) is 5.28. The normalized spacial score (nSPS) is 15.3. The Bertz CT molecular complexity index is 846. The number of hydrogen-bond donors (Lipinski definition) is 8. The first-order valence-corrected chi connectivity index (χ1v) is 10.8. The van der Waals surface area contributed by atoms with Crippen molar-refractivity contribution in [3.8, 4) is 0 Å². The summed E-state index contributed by atoms with van der Waals surface area (Å²) in [6.45, 7) is 2.85. The van der Waals surface area contributed by atoms with E-state index in [9.17, 15) is 34.2 Å². The van der Waals surface area contributed by atoms with Crippen LogP contribution in [-0.2, 0) is 30.4 Å². The van der Waals surface area contributed by atoms with Gasteiger partial charge in [0.15, 0.2) is 0 Å². The van der Waals surface area contributed by atoms with Crippen LogP contribution in [0.5, 0.6) is 0 Å². The van der Waals surface area contributed by atoms with Gasteiger partial charge in [0.05, 0.1) is 19.0 Å². The molecule has 1 aromatic rings. The molecule has 0 spiro atoms. The van der Waals surface area contributed by atoms with Crippen LogP contribution in [0.1, 0.15) is 38.8 Å². The molecule has 1 heterocycles. The summed E-state index contributed by atoms with van der Waals surface area (Å²) >= 11 is 0. The highest BCUT2D eigenvalue weighted by Gasteiger charge is 2.31. The van der Waals surface area contributed by atoms with Crippen molar-refractivity contribution < 1.29 is 34.2 Å². The molecule has 0 aromatic carbocycles. The molecule has 4 amide bonds. The van der Waals surface area contributed by atoms with E-state index in [-0.39, 0.29) is 25.2 Å². The summed E-state index contributed by atoms with van der Waals surface area (Å²) in [5, 5.41) is 26.0. The number of carbonyl (C=O) groups is 5. The topological polar surface area (TPSA) is 243 Å². The van der Waals surface area contributed by atoms with E-state index in [1.54, 1.807) is 6.92 Å². The number of amides is 4. The zero-order valence-electron chi connectivity index (χ0n) is 19.1. The molecule has 0 aliphatic rings. The number of carboxylic acid groups (broad SMARTS) is 1. The standard InChI is InChI=1S/C20H33N7O7/c1-3-10(2)16(22)19(32)27-14(8-28)18(31)26-13(6-11-7-23-9-24-11)17(30)25-12(20(33)34)4-5-15(21)29/h7,9-10,12-14,16,28H,3-6,8,22H2,1-2H3,(H2,21,29)(H,23,24)(H,25,30)(H,26,31)(H,27,32)(H,33,34). The highest BCUT2D eigenvalue weighted by Crippen LogP contribution is 2.06. The quantitative estimate of drug-likeness (QED) is 0.127. The lowest BCUT2D eigenvalue weighted by atomic mass is 9.99. The van der Waals surface area contributed by atoms with Gasteiger partial charge in [-0.25, -0.2) is 9.78 Å². The van der Waals surface area contributed by atoms with Crippen molar-refractivity contribution in [2.75, 3.05) is 6.61 Å². The summed E-state index contributed by atoms with van der Waals surface area (Å²) in [7, 11) is 0. The number of hydrogen-bond acceptors (Lipinski definition) is 8. The molecule has 0 fully saturated rings. The van der Waals surface area contributed by atoms with Crippen molar-refractivity contribution in [3.63, 3.8) is 0 Å². The average molecular weight is 484 g/mol. The fraction of sp³-hybridized carbons (Fsp3) is 0.600. The van der Waals surface area contributed by atoms with Crippen LogP contribution in [0.4, 0.5) is 0 Å². The highest BCUT2D eigenvalue weighted by molar-refractivity contribution is 5.94. The van der Waals surface area contributed by atoms with Crippen LogP contribution in [0.15, 0.2) is 12.5 Å². The number of aromatic amines is 1. The number of H-pyrrole nitrogens is 1. The lowest BCUT2D eigenvalue weighted by Crippen LogP contribution is -2.59. The second-order valence-corrected chi connectivity index (χ2v) is 7.90. The maximum absolute atomic E-state index is 12.8. The molecule has 5 atom stereocenters. The third kappa shape index (κ3) is 9.15. The molecule has 14 heteroatoms. The van der Waals surface area contributed by atoms with Gasteiger partial charge in [-0.05, 0) is 12.3 Å². The molecule has 1 aromatic heterocycles. The molecule has 0 aliphatic carbocycles. The first-order chi connectivity index (χ1) is 16.0. The minimum Gasteiger partial charge on any atom is -0.480 e.